The molecule has 0 bridgehead atoms. The highest BCUT2D eigenvalue weighted by molar-refractivity contribution is 5.75. The van der Waals surface area contributed by atoms with Crippen LogP contribution in [0.3, 0.4) is 0 Å². The molecule has 0 aliphatic carbocycles. The van der Waals surface area contributed by atoms with E-state index in [0.29, 0.717) is 0 Å². The summed E-state index contributed by atoms with van der Waals surface area (Å²) >= 11 is 0. The van der Waals surface area contributed by atoms with Gasteiger partial charge in [-0.2, -0.15) is 0 Å². The Morgan fingerprint density at radius 2 is 2.00 bits per heavy atom. The van der Waals surface area contributed by atoms with E-state index in [4.69, 9.17) is 21.9 Å². The third-order valence-corrected chi connectivity index (χ3v) is 2.13. The highest BCUT2D eigenvalue weighted by atomic mass is 16.5. The lowest BCUT2D eigenvalue weighted by molar-refractivity contribution is -0.139. The van der Waals surface area contributed by atoms with Gasteiger partial charge < -0.3 is 32.2 Å². The maximum Gasteiger partial charge on any atom is 0.186 e. The van der Waals surface area contributed by atoms with Crippen molar-refractivity contribution in [2.45, 2.75) is 24.4 Å². The topological polar surface area (TPSA) is 140 Å². The van der Waals surface area contributed by atoms with E-state index in [1.54, 1.807) is 0 Å². The third-order valence-electron chi connectivity index (χ3n) is 2.13. The van der Waals surface area contributed by atoms with Crippen molar-refractivity contribution in [2.75, 3.05) is 13.2 Å². The number of ether oxygens (including phenoxy) is 1. The molecule has 1 aliphatic rings. The van der Waals surface area contributed by atoms with Gasteiger partial charge in [0, 0.05) is 0 Å². The lowest BCUT2D eigenvalue weighted by atomic mass is 9.99. The van der Waals surface area contributed by atoms with Crippen LogP contribution in [-0.4, -0.2) is 53.7 Å². The standard InChI is InChI=1S/C7H16N4O3/c8-3-2-14-4(1-11-7(9)10)6(13)5(3)12/h3-6,12-13H,1-2,8H2,(H4,9,10,11)/t3-,4+,5+,6+/m0/s1. The lowest BCUT2D eigenvalue weighted by Gasteiger charge is -2.35. The SMILES string of the molecule is NC(N)=NC[C@H]1OC[C@H](N)[C@@H](O)[C@@H]1O. The van der Waals surface area contributed by atoms with Crippen LogP contribution in [0.5, 0.6) is 0 Å². The molecule has 0 radical (unpaired) electrons. The van der Waals surface area contributed by atoms with E-state index in [0.717, 1.165) is 0 Å². The Bertz CT molecular complexity index is 219. The van der Waals surface area contributed by atoms with E-state index >= 15 is 0 Å². The predicted octanol–water partition coefficient (Wildman–Crippen LogP) is -3.29. The molecular formula is C7H16N4O3. The van der Waals surface area contributed by atoms with Crippen LogP contribution >= 0.6 is 0 Å². The monoisotopic (exact) mass is 204 g/mol. The van der Waals surface area contributed by atoms with E-state index < -0.39 is 24.4 Å². The molecule has 7 nitrogen and oxygen atoms in total. The molecule has 0 spiro atoms. The van der Waals surface area contributed by atoms with Crippen molar-refractivity contribution in [2.24, 2.45) is 22.2 Å². The number of aliphatic imine (C=N–C) groups is 1. The molecule has 1 aliphatic heterocycles. The van der Waals surface area contributed by atoms with Crippen LogP contribution in [0.1, 0.15) is 0 Å². The number of aliphatic hydroxyl groups is 2. The summed E-state index contributed by atoms with van der Waals surface area (Å²) in [5, 5.41) is 18.9. The molecule has 1 heterocycles. The molecule has 8 N–H and O–H groups in total. The fourth-order valence-corrected chi connectivity index (χ4v) is 1.26. The van der Waals surface area contributed by atoms with Gasteiger partial charge in [0.15, 0.2) is 5.96 Å². The largest absolute Gasteiger partial charge is 0.389 e. The molecule has 0 aromatic heterocycles. The third kappa shape index (κ3) is 2.55. The Hall–Kier alpha value is -0.890. The summed E-state index contributed by atoms with van der Waals surface area (Å²) in [6.45, 7) is 0.302. The molecule has 82 valence electrons. The minimum atomic E-state index is -1.05. The highest BCUT2D eigenvalue weighted by Gasteiger charge is 2.36. The molecule has 0 unspecified atom stereocenters. The first-order valence-electron chi connectivity index (χ1n) is 4.31. The molecule has 0 amide bonds. The van der Waals surface area contributed by atoms with E-state index in [-0.39, 0.29) is 19.1 Å². The summed E-state index contributed by atoms with van der Waals surface area (Å²) in [4.78, 5) is 3.69. The van der Waals surface area contributed by atoms with Gasteiger partial charge in [-0.15, -0.1) is 0 Å². The van der Waals surface area contributed by atoms with Crippen molar-refractivity contribution in [1.29, 1.82) is 0 Å². The van der Waals surface area contributed by atoms with Crippen molar-refractivity contribution in [3.63, 3.8) is 0 Å². The second-order valence-corrected chi connectivity index (χ2v) is 3.28. The number of nitrogens with zero attached hydrogens (tertiary/aromatic N) is 1. The Morgan fingerprint density at radius 1 is 1.36 bits per heavy atom. The van der Waals surface area contributed by atoms with Crippen molar-refractivity contribution in [1.82, 2.24) is 0 Å². The number of nitrogens with two attached hydrogens (primary N) is 3. The van der Waals surface area contributed by atoms with Gasteiger partial charge >= 0.3 is 0 Å². The van der Waals surface area contributed by atoms with Crippen molar-refractivity contribution in [3.05, 3.63) is 0 Å². The number of aliphatic hydroxyl groups excluding tert-OH is 2. The fraction of sp³-hybridized carbons (Fsp3) is 0.857. The van der Waals surface area contributed by atoms with Crippen molar-refractivity contribution < 1.29 is 14.9 Å². The molecule has 14 heavy (non-hydrogen) atoms. The molecule has 1 saturated heterocycles. The first kappa shape index (κ1) is 11.2. The Labute approximate surface area is 81.5 Å². The molecule has 4 atom stereocenters. The van der Waals surface area contributed by atoms with E-state index in [1.165, 1.54) is 0 Å². The molecule has 1 rings (SSSR count). The Kier molecular flexibility index (Phi) is 3.64. The van der Waals surface area contributed by atoms with Gasteiger partial charge in [-0.3, -0.25) is 4.99 Å². The van der Waals surface area contributed by atoms with Gasteiger partial charge in [-0.1, -0.05) is 0 Å². The van der Waals surface area contributed by atoms with E-state index in [2.05, 4.69) is 4.99 Å². The van der Waals surface area contributed by atoms with Crippen LogP contribution in [0.25, 0.3) is 0 Å². The summed E-state index contributed by atoms with van der Waals surface area (Å²) in [6, 6.07) is -0.569. The van der Waals surface area contributed by atoms with Crippen LogP contribution < -0.4 is 17.2 Å². The first-order valence-corrected chi connectivity index (χ1v) is 4.31. The number of hydrogen-bond donors (Lipinski definition) is 5. The minimum absolute atomic E-state index is 0.0786. The van der Waals surface area contributed by atoms with Crippen LogP contribution in [0.4, 0.5) is 0 Å². The smallest absolute Gasteiger partial charge is 0.186 e. The quantitative estimate of drug-likeness (QED) is 0.236. The maximum absolute atomic E-state index is 9.51. The van der Waals surface area contributed by atoms with Gasteiger partial charge in [0.25, 0.3) is 0 Å². The average Bonchev–Trinajstić information content (AvgIpc) is 2.13. The molecule has 0 aromatic rings. The zero-order valence-corrected chi connectivity index (χ0v) is 7.71. The second kappa shape index (κ2) is 4.56. The van der Waals surface area contributed by atoms with Gasteiger partial charge in [0.2, 0.25) is 0 Å². The molecule has 1 fully saturated rings. The normalized spacial score (nSPS) is 37.9. The first-order chi connectivity index (χ1) is 6.52. The van der Waals surface area contributed by atoms with Gasteiger partial charge in [-0.25, -0.2) is 0 Å². The number of hydrogen-bond acceptors (Lipinski definition) is 5. The minimum Gasteiger partial charge on any atom is -0.389 e. The van der Waals surface area contributed by atoms with Crippen molar-refractivity contribution in [3.8, 4) is 0 Å². The fourth-order valence-electron chi connectivity index (χ4n) is 1.26. The van der Waals surface area contributed by atoms with Crippen LogP contribution in [0.15, 0.2) is 4.99 Å². The maximum atomic E-state index is 9.51. The lowest BCUT2D eigenvalue weighted by Crippen LogP contribution is -2.57. The summed E-state index contributed by atoms with van der Waals surface area (Å²) in [6.07, 6.45) is -2.66. The summed E-state index contributed by atoms with van der Waals surface area (Å²) < 4.78 is 5.17. The van der Waals surface area contributed by atoms with Gasteiger partial charge in [-0.05, 0) is 0 Å². The Balaban J connectivity index is 2.51. The Morgan fingerprint density at radius 3 is 2.57 bits per heavy atom. The van der Waals surface area contributed by atoms with Crippen LogP contribution in [0, 0.1) is 0 Å². The average molecular weight is 204 g/mol. The van der Waals surface area contributed by atoms with Gasteiger partial charge in [0.05, 0.1) is 25.3 Å². The van der Waals surface area contributed by atoms with Crippen molar-refractivity contribution >= 4 is 5.96 Å². The van der Waals surface area contributed by atoms with Crippen LogP contribution in [0.2, 0.25) is 0 Å². The predicted molar refractivity (Wildman–Crippen MR) is 50.4 cm³/mol. The number of guanidine groups is 1. The summed E-state index contributed by atoms with van der Waals surface area (Å²) in [5.74, 6) is -0.0786. The van der Waals surface area contributed by atoms with Gasteiger partial charge in [0.1, 0.15) is 12.2 Å². The van der Waals surface area contributed by atoms with E-state index in [1.807, 2.05) is 0 Å². The second-order valence-electron chi connectivity index (χ2n) is 3.28. The molecule has 0 aromatic carbocycles. The summed E-state index contributed by atoms with van der Waals surface area (Å²) in [7, 11) is 0. The van der Waals surface area contributed by atoms with E-state index in [9.17, 15) is 10.2 Å². The number of rotatable bonds is 2. The highest BCUT2D eigenvalue weighted by Crippen LogP contribution is 2.14. The zero-order valence-electron chi connectivity index (χ0n) is 7.71. The summed E-state index contributed by atoms with van der Waals surface area (Å²) in [5.41, 5.74) is 15.7. The zero-order chi connectivity index (χ0) is 10.7. The van der Waals surface area contributed by atoms with Crippen LogP contribution in [-0.2, 0) is 4.74 Å². The molecule has 0 saturated carbocycles. The molecule has 7 heteroatoms. The molecular weight excluding hydrogens is 188 g/mol.